The van der Waals surface area contributed by atoms with E-state index in [9.17, 15) is 0 Å². The third kappa shape index (κ3) is 5.36. The third-order valence-corrected chi connectivity index (χ3v) is 2.16. The average Bonchev–Trinajstić information content (AvgIpc) is 2.04. The highest BCUT2D eigenvalue weighted by molar-refractivity contribution is 4.92. The molecule has 0 aliphatic rings. The van der Waals surface area contributed by atoms with Gasteiger partial charge in [0.15, 0.2) is 0 Å². The number of hydrogen-bond acceptors (Lipinski definition) is 1. The van der Waals surface area contributed by atoms with Crippen LogP contribution in [0.4, 0.5) is 0 Å². The van der Waals surface area contributed by atoms with Crippen LogP contribution in [0.3, 0.4) is 0 Å². The quantitative estimate of drug-likeness (QED) is 0.436. The van der Waals surface area contributed by atoms with Gasteiger partial charge in [0.2, 0.25) is 0 Å². The first-order valence-electron chi connectivity index (χ1n) is 5.05. The van der Waals surface area contributed by atoms with Gasteiger partial charge in [-0.05, 0) is 26.9 Å². The zero-order valence-corrected chi connectivity index (χ0v) is 9.01. The Bertz CT molecular complexity index is 116. The third-order valence-electron chi connectivity index (χ3n) is 2.16. The summed E-state index contributed by atoms with van der Waals surface area (Å²) in [5, 5.41) is 0. The van der Waals surface area contributed by atoms with Crippen LogP contribution in [0.25, 0.3) is 0 Å². The van der Waals surface area contributed by atoms with E-state index < -0.39 is 0 Å². The van der Waals surface area contributed by atoms with Gasteiger partial charge in [-0.2, -0.15) is 0 Å². The van der Waals surface area contributed by atoms with E-state index in [-0.39, 0.29) is 0 Å². The zero-order valence-electron chi connectivity index (χ0n) is 9.01. The highest BCUT2D eigenvalue weighted by atomic mass is 15.1. The van der Waals surface area contributed by atoms with E-state index in [1.54, 1.807) is 0 Å². The number of unbranched alkanes of at least 4 members (excludes halogenated alkanes) is 2. The number of nitrogens with zero attached hydrogens (tertiary/aromatic N) is 1. The molecule has 0 rings (SSSR count). The number of hydrogen-bond donors (Lipinski definition) is 0. The molecule has 1 atom stereocenters. The molecule has 0 amide bonds. The standard InChI is InChI=1S/C11H23N/c1-5-7-8-9-10-11(6-2)12(3)4/h9-11H,5-8H2,1-4H3/b10-9+. The summed E-state index contributed by atoms with van der Waals surface area (Å²) in [5.41, 5.74) is 0. The van der Waals surface area contributed by atoms with Crippen LogP contribution >= 0.6 is 0 Å². The predicted molar refractivity (Wildman–Crippen MR) is 56.4 cm³/mol. The average molecular weight is 169 g/mol. The van der Waals surface area contributed by atoms with E-state index in [1.165, 1.54) is 25.7 Å². The van der Waals surface area contributed by atoms with Crippen molar-refractivity contribution >= 4 is 0 Å². The van der Waals surface area contributed by atoms with E-state index >= 15 is 0 Å². The molecule has 0 aliphatic heterocycles. The summed E-state index contributed by atoms with van der Waals surface area (Å²) in [5.74, 6) is 0. The second-order valence-corrected chi connectivity index (χ2v) is 3.51. The lowest BCUT2D eigenvalue weighted by atomic mass is 10.1. The summed E-state index contributed by atoms with van der Waals surface area (Å²) in [7, 11) is 4.27. The highest BCUT2D eigenvalue weighted by Gasteiger charge is 2.01. The SMILES string of the molecule is CCCC/C=C/C(CC)N(C)C. The van der Waals surface area contributed by atoms with Crippen LogP contribution in [0, 0.1) is 0 Å². The van der Waals surface area contributed by atoms with Crippen LogP contribution in [-0.4, -0.2) is 25.0 Å². The van der Waals surface area contributed by atoms with Crippen LogP contribution in [-0.2, 0) is 0 Å². The molecule has 1 nitrogen and oxygen atoms in total. The Hall–Kier alpha value is -0.300. The number of allylic oxidation sites excluding steroid dienone is 1. The molecular weight excluding hydrogens is 146 g/mol. The highest BCUT2D eigenvalue weighted by Crippen LogP contribution is 2.03. The van der Waals surface area contributed by atoms with Crippen molar-refractivity contribution in [1.29, 1.82) is 0 Å². The maximum Gasteiger partial charge on any atom is 0.0269 e. The smallest absolute Gasteiger partial charge is 0.0269 e. The molecule has 0 aromatic heterocycles. The molecule has 1 unspecified atom stereocenters. The van der Waals surface area contributed by atoms with Gasteiger partial charge in [-0.25, -0.2) is 0 Å². The second-order valence-electron chi connectivity index (χ2n) is 3.51. The molecule has 0 aromatic carbocycles. The first-order valence-corrected chi connectivity index (χ1v) is 5.05. The van der Waals surface area contributed by atoms with Gasteiger partial charge in [0.05, 0.1) is 0 Å². The molecule has 0 heterocycles. The summed E-state index contributed by atoms with van der Waals surface area (Å²) < 4.78 is 0. The van der Waals surface area contributed by atoms with E-state index in [0.29, 0.717) is 6.04 Å². The number of likely N-dealkylation sites (N-methyl/N-ethyl adjacent to an activating group) is 1. The molecule has 0 saturated heterocycles. The summed E-state index contributed by atoms with van der Waals surface area (Å²) in [4.78, 5) is 2.27. The molecule has 0 saturated carbocycles. The molecule has 1 heteroatoms. The molecule has 0 aliphatic carbocycles. The Morgan fingerprint density at radius 1 is 1.25 bits per heavy atom. The minimum atomic E-state index is 0.627. The Morgan fingerprint density at radius 2 is 1.92 bits per heavy atom. The lowest BCUT2D eigenvalue weighted by Crippen LogP contribution is -2.24. The Kier molecular flexibility index (Phi) is 7.17. The molecular formula is C11H23N. The van der Waals surface area contributed by atoms with Gasteiger partial charge < -0.3 is 4.90 Å². The fourth-order valence-electron chi connectivity index (χ4n) is 1.25. The molecule has 72 valence electrons. The van der Waals surface area contributed by atoms with E-state index in [1.807, 2.05) is 0 Å². The summed E-state index contributed by atoms with van der Waals surface area (Å²) >= 11 is 0. The maximum absolute atomic E-state index is 2.33. The molecule has 12 heavy (non-hydrogen) atoms. The first kappa shape index (κ1) is 11.7. The lowest BCUT2D eigenvalue weighted by Gasteiger charge is -2.18. The van der Waals surface area contributed by atoms with Crippen molar-refractivity contribution in [2.24, 2.45) is 0 Å². The Morgan fingerprint density at radius 3 is 2.33 bits per heavy atom. The topological polar surface area (TPSA) is 3.24 Å². The zero-order chi connectivity index (χ0) is 9.40. The van der Waals surface area contributed by atoms with Gasteiger partial charge in [-0.3, -0.25) is 0 Å². The lowest BCUT2D eigenvalue weighted by molar-refractivity contribution is 0.335. The minimum Gasteiger partial charge on any atom is -0.303 e. The predicted octanol–water partition coefficient (Wildman–Crippen LogP) is 3.07. The van der Waals surface area contributed by atoms with E-state index in [2.05, 4.69) is 45.0 Å². The molecule has 0 spiro atoms. The monoisotopic (exact) mass is 169 g/mol. The number of rotatable bonds is 6. The van der Waals surface area contributed by atoms with Crippen LogP contribution in [0.5, 0.6) is 0 Å². The van der Waals surface area contributed by atoms with Crippen LogP contribution < -0.4 is 0 Å². The van der Waals surface area contributed by atoms with Crippen molar-refractivity contribution in [3.63, 3.8) is 0 Å². The fraction of sp³-hybridized carbons (Fsp3) is 0.818. The molecule has 0 aromatic rings. The first-order chi connectivity index (χ1) is 5.72. The normalized spacial score (nSPS) is 14.4. The van der Waals surface area contributed by atoms with Crippen molar-refractivity contribution in [2.45, 2.75) is 45.6 Å². The van der Waals surface area contributed by atoms with Gasteiger partial charge in [0.25, 0.3) is 0 Å². The largest absolute Gasteiger partial charge is 0.303 e. The summed E-state index contributed by atoms with van der Waals surface area (Å²) in [6.07, 6.45) is 9.70. The minimum absolute atomic E-state index is 0.627. The van der Waals surface area contributed by atoms with Crippen LogP contribution in [0.2, 0.25) is 0 Å². The van der Waals surface area contributed by atoms with Gasteiger partial charge in [-0.15, -0.1) is 0 Å². The van der Waals surface area contributed by atoms with Crippen molar-refractivity contribution < 1.29 is 0 Å². The van der Waals surface area contributed by atoms with Gasteiger partial charge >= 0.3 is 0 Å². The summed E-state index contributed by atoms with van der Waals surface area (Å²) in [6, 6.07) is 0.627. The van der Waals surface area contributed by atoms with Gasteiger partial charge in [-0.1, -0.05) is 38.8 Å². The summed E-state index contributed by atoms with van der Waals surface area (Å²) in [6.45, 7) is 4.46. The second kappa shape index (κ2) is 7.35. The van der Waals surface area contributed by atoms with E-state index in [4.69, 9.17) is 0 Å². The van der Waals surface area contributed by atoms with Crippen LogP contribution in [0.1, 0.15) is 39.5 Å². The Labute approximate surface area is 77.5 Å². The van der Waals surface area contributed by atoms with Crippen molar-refractivity contribution in [3.8, 4) is 0 Å². The Balaban J connectivity index is 3.61. The fourth-order valence-corrected chi connectivity index (χ4v) is 1.25. The van der Waals surface area contributed by atoms with Crippen molar-refractivity contribution in [3.05, 3.63) is 12.2 Å². The van der Waals surface area contributed by atoms with Gasteiger partial charge in [0, 0.05) is 6.04 Å². The maximum atomic E-state index is 2.33. The van der Waals surface area contributed by atoms with Crippen molar-refractivity contribution in [2.75, 3.05) is 14.1 Å². The van der Waals surface area contributed by atoms with Crippen LogP contribution in [0.15, 0.2) is 12.2 Å². The molecule has 0 N–H and O–H groups in total. The molecule has 0 bridgehead atoms. The van der Waals surface area contributed by atoms with Crippen molar-refractivity contribution in [1.82, 2.24) is 4.90 Å². The molecule has 0 radical (unpaired) electrons. The molecule has 0 fully saturated rings. The van der Waals surface area contributed by atoms with Gasteiger partial charge in [0.1, 0.15) is 0 Å². The van der Waals surface area contributed by atoms with E-state index in [0.717, 1.165) is 0 Å².